The van der Waals surface area contributed by atoms with E-state index in [2.05, 4.69) is 20.9 Å². The van der Waals surface area contributed by atoms with Gasteiger partial charge < -0.3 is 19.5 Å². The predicted octanol–water partition coefficient (Wildman–Crippen LogP) is 3.80. The highest BCUT2D eigenvalue weighted by Gasteiger charge is 2.21. The Hall–Kier alpha value is -2.85. The van der Waals surface area contributed by atoms with E-state index in [1.54, 1.807) is 48.5 Å². The average Bonchev–Trinajstić information content (AvgIpc) is 2.67. The molecule has 0 saturated carbocycles. The van der Waals surface area contributed by atoms with E-state index in [9.17, 15) is 19.2 Å². The largest absolute Gasteiger partial charge is 0.466 e. The van der Waals surface area contributed by atoms with Crippen LogP contribution < -0.4 is 16.0 Å². The second kappa shape index (κ2) is 16.7. The molecule has 11 heteroatoms. The Morgan fingerprint density at radius 3 is 1.80 bits per heavy atom. The van der Waals surface area contributed by atoms with Crippen LogP contribution in [0.25, 0.3) is 0 Å². The number of nitrogens with one attached hydrogen (secondary N) is 3. The number of esters is 1. The van der Waals surface area contributed by atoms with Gasteiger partial charge in [-0.2, -0.15) is 0 Å². The van der Waals surface area contributed by atoms with Crippen LogP contribution in [-0.2, 0) is 23.8 Å². The maximum absolute atomic E-state index is 12.1. The number of alkyl carbamates (subject to hydrolysis) is 2. The molecule has 3 N–H and O–H groups in total. The molecule has 0 fully saturated rings. The van der Waals surface area contributed by atoms with Crippen LogP contribution in [0.3, 0.4) is 0 Å². The number of carbonyl (C=O) groups is 4. The van der Waals surface area contributed by atoms with Crippen molar-refractivity contribution in [2.45, 2.75) is 105 Å². The summed E-state index contributed by atoms with van der Waals surface area (Å²) in [5.74, 6) is -0.401. The lowest BCUT2D eigenvalue weighted by atomic mass is 10.2. The highest BCUT2D eigenvalue weighted by atomic mass is 16.6. The van der Waals surface area contributed by atoms with Gasteiger partial charge in [0.15, 0.2) is 0 Å². The molecule has 0 aliphatic carbocycles. The number of nitrogens with zero attached hydrogens (tertiary/aromatic N) is 1. The van der Waals surface area contributed by atoms with E-state index in [0.29, 0.717) is 32.5 Å². The first kappa shape index (κ1) is 32.1. The summed E-state index contributed by atoms with van der Waals surface area (Å²) in [5.41, 5.74) is -1.39. The van der Waals surface area contributed by atoms with Crippen molar-refractivity contribution in [1.82, 2.24) is 16.0 Å². The Morgan fingerprint density at radius 1 is 0.743 bits per heavy atom. The van der Waals surface area contributed by atoms with Crippen LogP contribution in [0.5, 0.6) is 0 Å². The number of hydrogen-bond acceptors (Lipinski definition) is 8. The molecule has 0 saturated heterocycles. The number of rotatable bonds is 12. The molecule has 0 aromatic heterocycles. The quantitative estimate of drug-likeness (QED) is 0.121. The molecule has 0 bridgehead atoms. The van der Waals surface area contributed by atoms with Crippen LogP contribution >= 0.6 is 0 Å². The molecular formula is C24H44N4O7. The molecule has 0 spiro atoms. The van der Waals surface area contributed by atoms with Crippen LogP contribution in [0.2, 0.25) is 0 Å². The molecular weight excluding hydrogens is 456 g/mol. The molecule has 0 aromatic rings. The third-order valence-corrected chi connectivity index (χ3v) is 4.01. The SMILES string of the molecule is CCOC(=O)CCCC(=O)NCCCCCCN=C(NC(=O)OC(C)(C)C)NC(=O)OC(C)(C)C. The predicted molar refractivity (Wildman–Crippen MR) is 133 cm³/mol. The maximum atomic E-state index is 12.1. The third-order valence-electron chi connectivity index (χ3n) is 4.01. The number of guanidine groups is 1. The highest BCUT2D eigenvalue weighted by molar-refractivity contribution is 6.01. The van der Waals surface area contributed by atoms with Crippen LogP contribution in [-0.4, -0.2) is 60.9 Å². The molecule has 0 radical (unpaired) electrons. The van der Waals surface area contributed by atoms with E-state index in [0.717, 1.165) is 25.7 Å². The molecule has 0 aliphatic heterocycles. The summed E-state index contributed by atoms with van der Waals surface area (Å²) in [6, 6.07) is 0. The van der Waals surface area contributed by atoms with Gasteiger partial charge in [0.25, 0.3) is 0 Å². The molecule has 0 heterocycles. The summed E-state index contributed by atoms with van der Waals surface area (Å²) in [5, 5.41) is 7.73. The first-order valence-corrected chi connectivity index (χ1v) is 12.2. The van der Waals surface area contributed by atoms with Crippen molar-refractivity contribution in [3.05, 3.63) is 0 Å². The van der Waals surface area contributed by atoms with Gasteiger partial charge in [0.1, 0.15) is 11.2 Å². The van der Waals surface area contributed by atoms with E-state index >= 15 is 0 Å². The minimum absolute atomic E-state index is 0.0384. The lowest BCUT2D eigenvalue weighted by Crippen LogP contribution is -2.47. The molecule has 202 valence electrons. The fourth-order valence-corrected chi connectivity index (χ4v) is 2.63. The summed E-state index contributed by atoms with van der Waals surface area (Å²) in [4.78, 5) is 51.4. The zero-order valence-electron chi connectivity index (χ0n) is 22.4. The summed E-state index contributed by atoms with van der Waals surface area (Å²) >= 11 is 0. The Bertz CT molecular complexity index is 678. The second-order valence-electron chi connectivity index (χ2n) is 9.91. The fraction of sp³-hybridized carbons (Fsp3) is 0.792. The maximum Gasteiger partial charge on any atom is 0.414 e. The third kappa shape index (κ3) is 21.4. The van der Waals surface area contributed by atoms with E-state index in [1.807, 2.05) is 0 Å². The van der Waals surface area contributed by atoms with Gasteiger partial charge in [0, 0.05) is 25.9 Å². The minimum atomic E-state index is -0.731. The first-order valence-electron chi connectivity index (χ1n) is 12.2. The van der Waals surface area contributed by atoms with Gasteiger partial charge in [0.05, 0.1) is 6.61 Å². The normalized spacial score (nSPS) is 11.2. The van der Waals surface area contributed by atoms with Gasteiger partial charge in [-0.1, -0.05) is 12.8 Å². The molecule has 3 amide bonds. The van der Waals surface area contributed by atoms with Crippen molar-refractivity contribution in [1.29, 1.82) is 0 Å². The van der Waals surface area contributed by atoms with Crippen molar-refractivity contribution < 1.29 is 33.4 Å². The van der Waals surface area contributed by atoms with Crippen molar-refractivity contribution in [3.8, 4) is 0 Å². The number of unbranched alkanes of at least 4 members (excludes halogenated alkanes) is 3. The number of carbonyl (C=O) groups excluding carboxylic acids is 4. The van der Waals surface area contributed by atoms with Crippen molar-refractivity contribution >= 4 is 30.0 Å². The molecule has 0 unspecified atom stereocenters. The first-order chi connectivity index (χ1) is 16.2. The van der Waals surface area contributed by atoms with Gasteiger partial charge in [-0.3, -0.25) is 25.2 Å². The zero-order chi connectivity index (χ0) is 26.9. The van der Waals surface area contributed by atoms with Gasteiger partial charge >= 0.3 is 18.2 Å². The summed E-state index contributed by atoms with van der Waals surface area (Å²) in [6.45, 7) is 13.4. The number of ether oxygens (including phenoxy) is 3. The van der Waals surface area contributed by atoms with Crippen molar-refractivity contribution in [2.75, 3.05) is 19.7 Å². The second-order valence-corrected chi connectivity index (χ2v) is 9.91. The molecule has 0 aliphatic rings. The molecule has 0 rings (SSSR count). The van der Waals surface area contributed by atoms with Gasteiger partial charge in [-0.15, -0.1) is 0 Å². The minimum Gasteiger partial charge on any atom is -0.466 e. The Labute approximate surface area is 209 Å². The molecule has 0 aromatic carbocycles. The Balaban J connectivity index is 4.32. The van der Waals surface area contributed by atoms with Gasteiger partial charge in [-0.25, -0.2) is 9.59 Å². The number of amides is 3. The fourth-order valence-electron chi connectivity index (χ4n) is 2.63. The molecule has 0 atom stereocenters. The Morgan fingerprint density at radius 2 is 1.29 bits per heavy atom. The van der Waals surface area contributed by atoms with E-state index < -0.39 is 23.4 Å². The van der Waals surface area contributed by atoms with Crippen LogP contribution in [0.4, 0.5) is 9.59 Å². The lowest BCUT2D eigenvalue weighted by molar-refractivity contribution is -0.143. The monoisotopic (exact) mass is 500 g/mol. The number of hydrogen-bond donors (Lipinski definition) is 3. The summed E-state index contributed by atoms with van der Waals surface area (Å²) in [6.07, 6.45) is 2.83. The van der Waals surface area contributed by atoms with E-state index in [4.69, 9.17) is 14.2 Å². The summed E-state index contributed by atoms with van der Waals surface area (Å²) < 4.78 is 15.2. The van der Waals surface area contributed by atoms with E-state index in [1.165, 1.54) is 0 Å². The Kier molecular flexibility index (Phi) is 15.4. The van der Waals surface area contributed by atoms with Crippen molar-refractivity contribution in [3.63, 3.8) is 0 Å². The van der Waals surface area contributed by atoms with Crippen LogP contribution in [0.15, 0.2) is 4.99 Å². The smallest absolute Gasteiger partial charge is 0.414 e. The van der Waals surface area contributed by atoms with Gasteiger partial charge in [0.2, 0.25) is 11.9 Å². The summed E-state index contributed by atoms with van der Waals surface area (Å²) in [7, 11) is 0. The van der Waals surface area contributed by atoms with Crippen molar-refractivity contribution in [2.24, 2.45) is 4.99 Å². The zero-order valence-corrected chi connectivity index (χ0v) is 22.4. The molecule has 11 nitrogen and oxygen atoms in total. The average molecular weight is 501 g/mol. The van der Waals surface area contributed by atoms with E-state index in [-0.39, 0.29) is 24.3 Å². The standard InChI is InChI=1S/C24H44N4O7/c1-8-33-19(30)15-13-14-18(29)25-16-11-9-10-12-17-26-20(27-21(31)34-23(2,3)4)28-22(32)35-24(5,6)7/h8-17H2,1-7H3,(H,25,29)(H2,26,27,28,31,32). The van der Waals surface area contributed by atoms with Crippen LogP contribution in [0, 0.1) is 0 Å². The molecule has 35 heavy (non-hydrogen) atoms. The topological polar surface area (TPSA) is 144 Å². The number of aliphatic imine (C=N–C) groups is 1. The highest BCUT2D eigenvalue weighted by Crippen LogP contribution is 2.08. The van der Waals surface area contributed by atoms with Crippen LogP contribution in [0.1, 0.15) is 93.4 Å². The lowest BCUT2D eigenvalue weighted by Gasteiger charge is -2.22. The van der Waals surface area contributed by atoms with Gasteiger partial charge in [-0.05, 0) is 67.7 Å².